The smallest absolute Gasteiger partial charge is 0.179 e. The van der Waals surface area contributed by atoms with Crippen molar-refractivity contribution >= 4 is 11.6 Å². The molecule has 2 aromatic carbocycles. The van der Waals surface area contributed by atoms with Crippen LogP contribution in [0.25, 0.3) is 0 Å². The fourth-order valence-electron chi connectivity index (χ4n) is 2.49. The van der Waals surface area contributed by atoms with Gasteiger partial charge in [0.05, 0.1) is 11.6 Å². The van der Waals surface area contributed by atoms with E-state index >= 15 is 0 Å². The van der Waals surface area contributed by atoms with Crippen LogP contribution in [-0.4, -0.2) is 19.8 Å². The predicted molar refractivity (Wildman–Crippen MR) is 102 cm³/mol. The zero-order chi connectivity index (χ0) is 18.1. The van der Waals surface area contributed by atoms with Gasteiger partial charge in [-0.2, -0.15) is 0 Å². The Morgan fingerprint density at radius 2 is 1.64 bits per heavy atom. The summed E-state index contributed by atoms with van der Waals surface area (Å²) in [5, 5.41) is 0.496. The van der Waals surface area contributed by atoms with Gasteiger partial charge in [0.15, 0.2) is 11.5 Å². The minimum absolute atomic E-state index is 0.373. The number of ether oxygens (including phenoxy) is 3. The van der Waals surface area contributed by atoms with Gasteiger partial charge in [0.2, 0.25) is 0 Å². The number of aryl methyl sites for hydroxylation is 1. The van der Waals surface area contributed by atoms with Crippen molar-refractivity contribution in [2.75, 3.05) is 19.8 Å². The third-order valence-corrected chi connectivity index (χ3v) is 3.95. The second-order valence-electron chi connectivity index (χ2n) is 5.63. The number of nitrogens with two attached hydrogens (primary N) is 1. The van der Waals surface area contributed by atoms with Crippen LogP contribution in [0.2, 0.25) is 5.02 Å². The van der Waals surface area contributed by atoms with E-state index in [4.69, 9.17) is 31.5 Å². The molecule has 0 spiro atoms. The monoisotopic (exact) mass is 363 g/mol. The van der Waals surface area contributed by atoms with E-state index in [0.29, 0.717) is 42.9 Å². The molecule has 2 rings (SSSR count). The molecule has 0 unspecified atom stereocenters. The topological polar surface area (TPSA) is 53.7 Å². The van der Waals surface area contributed by atoms with Crippen LogP contribution in [0.3, 0.4) is 0 Å². The Hall–Kier alpha value is -1.91. The highest BCUT2D eigenvalue weighted by atomic mass is 35.5. The van der Waals surface area contributed by atoms with E-state index < -0.39 is 0 Å². The Labute approximate surface area is 154 Å². The Balaban J connectivity index is 1.90. The summed E-state index contributed by atoms with van der Waals surface area (Å²) in [5.74, 6) is 1.97. The lowest BCUT2D eigenvalue weighted by molar-refractivity contribution is 0.208. The molecule has 25 heavy (non-hydrogen) atoms. The molecular weight excluding hydrogens is 338 g/mol. The molecule has 2 N–H and O–H groups in total. The minimum Gasteiger partial charge on any atom is -0.490 e. The van der Waals surface area contributed by atoms with Crippen molar-refractivity contribution in [3.63, 3.8) is 0 Å². The first-order valence-corrected chi connectivity index (χ1v) is 9.05. The quantitative estimate of drug-likeness (QED) is 0.626. The average molecular weight is 364 g/mol. The molecule has 5 heteroatoms. The molecule has 0 bridgehead atoms. The van der Waals surface area contributed by atoms with E-state index in [9.17, 15) is 0 Å². The van der Waals surface area contributed by atoms with Crippen LogP contribution in [0.5, 0.6) is 17.2 Å². The third-order valence-electron chi connectivity index (χ3n) is 3.67. The van der Waals surface area contributed by atoms with Gasteiger partial charge in [-0.25, -0.2) is 0 Å². The van der Waals surface area contributed by atoms with Gasteiger partial charge in [-0.15, -0.1) is 0 Å². The van der Waals surface area contributed by atoms with Gasteiger partial charge in [-0.1, -0.05) is 37.1 Å². The van der Waals surface area contributed by atoms with Crippen LogP contribution < -0.4 is 19.9 Å². The minimum atomic E-state index is 0.373. The summed E-state index contributed by atoms with van der Waals surface area (Å²) in [5.41, 5.74) is 7.90. The zero-order valence-electron chi connectivity index (χ0n) is 14.9. The maximum atomic E-state index is 6.29. The standard InChI is InChI=1S/C20H26ClNO3/c1-3-5-15-6-8-17(9-7-15)24-10-11-25-20-18(21)12-16(14-22)13-19(20)23-4-2/h6-9,12-13H,3-5,10-11,14,22H2,1-2H3. The summed E-state index contributed by atoms with van der Waals surface area (Å²) in [4.78, 5) is 0. The predicted octanol–water partition coefficient (Wildman–Crippen LogP) is 4.61. The van der Waals surface area contributed by atoms with Gasteiger partial charge in [0.25, 0.3) is 0 Å². The van der Waals surface area contributed by atoms with E-state index in [1.165, 1.54) is 5.56 Å². The highest BCUT2D eigenvalue weighted by molar-refractivity contribution is 6.32. The molecule has 0 saturated heterocycles. The van der Waals surface area contributed by atoms with Crippen molar-refractivity contribution in [1.82, 2.24) is 0 Å². The summed E-state index contributed by atoms with van der Waals surface area (Å²) >= 11 is 6.29. The molecule has 136 valence electrons. The highest BCUT2D eigenvalue weighted by Crippen LogP contribution is 2.36. The van der Waals surface area contributed by atoms with Crippen molar-refractivity contribution in [2.24, 2.45) is 5.73 Å². The SMILES string of the molecule is CCCc1ccc(OCCOc2c(Cl)cc(CN)cc2OCC)cc1. The first kappa shape index (κ1) is 19.4. The molecule has 0 aliphatic heterocycles. The van der Waals surface area contributed by atoms with Gasteiger partial charge in [0.1, 0.15) is 19.0 Å². The Bertz CT molecular complexity index is 659. The molecule has 0 aromatic heterocycles. The molecule has 0 radical (unpaired) electrons. The molecule has 0 saturated carbocycles. The second-order valence-corrected chi connectivity index (χ2v) is 6.04. The van der Waals surface area contributed by atoms with Crippen molar-refractivity contribution in [3.05, 3.63) is 52.5 Å². The van der Waals surface area contributed by atoms with E-state index in [1.807, 2.05) is 25.1 Å². The lowest BCUT2D eigenvalue weighted by Crippen LogP contribution is -2.10. The Morgan fingerprint density at radius 1 is 0.920 bits per heavy atom. The van der Waals surface area contributed by atoms with E-state index in [-0.39, 0.29) is 0 Å². The molecule has 0 atom stereocenters. The lowest BCUT2D eigenvalue weighted by Gasteiger charge is -2.15. The summed E-state index contributed by atoms with van der Waals surface area (Å²) in [6.45, 7) is 5.81. The van der Waals surface area contributed by atoms with E-state index in [1.54, 1.807) is 6.07 Å². The number of benzene rings is 2. The van der Waals surface area contributed by atoms with Crippen molar-refractivity contribution in [1.29, 1.82) is 0 Å². The summed E-state index contributed by atoms with van der Waals surface area (Å²) in [6, 6.07) is 11.8. The van der Waals surface area contributed by atoms with Crippen LogP contribution in [-0.2, 0) is 13.0 Å². The summed E-state index contributed by atoms with van der Waals surface area (Å²) in [6.07, 6.45) is 2.22. The van der Waals surface area contributed by atoms with Crippen molar-refractivity contribution in [2.45, 2.75) is 33.2 Å². The van der Waals surface area contributed by atoms with Gasteiger partial charge >= 0.3 is 0 Å². The fourth-order valence-corrected chi connectivity index (χ4v) is 2.77. The van der Waals surface area contributed by atoms with Crippen LogP contribution in [0.15, 0.2) is 36.4 Å². The average Bonchev–Trinajstić information content (AvgIpc) is 2.62. The molecule has 0 fully saturated rings. The van der Waals surface area contributed by atoms with Gasteiger partial charge in [0, 0.05) is 6.54 Å². The zero-order valence-corrected chi connectivity index (χ0v) is 15.6. The summed E-state index contributed by atoms with van der Waals surface area (Å²) in [7, 11) is 0. The van der Waals surface area contributed by atoms with E-state index in [2.05, 4.69) is 19.1 Å². The second kappa shape index (κ2) is 10.2. The van der Waals surface area contributed by atoms with Crippen LogP contribution in [0.4, 0.5) is 0 Å². The number of hydrogen-bond donors (Lipinski definition) is 1. The lowest BCUT2D eigenvalue weighted by atomic mass is 10.1. The van der Waals surface area contributed by atoms with Crippen molar-refractivity contribution in [3.8, 4) is 17.2 Å². The van der Waals surface area contributed by atoms with Crippen LogP contribution >= 0.6 is 11.6 Å². The largest absolute Gasteiger partial charge is 0.490 e. The normalized spacial score (nSPS) is 10.6. The van der Waals surface area contributed by atoms with Gasteiger partial charge in [-0.3, -0.25) is 0 Å². The molecule has 4 nitrogen and oxygen atoms in total. The molecule has 0 amide bonds. The maximum absolute atomic E-state index is 6.29. The molecule has 2 aromatic rings. The van der Waals surface area contributed by atoms with Crippen LogP contribution in [0.1, 0.15) is 31.4 Å². The highest BCUT2D eigenvalue weighted by Gasteiger charge is 2.12. The number of hydrogen-bond acceptors (Lipinski definition) is 4. The number of rotatable bonds is 10. The van der Waals surface area contributed by atoms with E-state index in [0.717, 1.165) is 24.2 Å². The first-order chi connectivity index (χ1) is 12.2. The Kier molecular flexibility index (Phi) is 7.89. The molecule has 0 heterocycles. The molecule has 0 aliphatic rings. The van der Waals surface area contributed by atoms with Gasteiger partial charge < -0.3 is 19.9 Å². The molecule has 0 aliphatic carbocycles. The van der Waals surface area contributed by atoms with Crippen molar-refractivity contribution < 1.29 is 14.2 Å². The third kappa shape index (κ3) is 5.83. The molecular formula is C20H26ClNO3. The first-order valence-electron chi connectivity index (χ1n) is 8.67. The van der Waals surface area contributed by atoms with Crippen LogP contribution in [0, 0.1) is 0 Å². The summed E-state index contributed by atoms with van der Waals surface area (Å²) < 4.78 is 17.1. The van der Waals surface area contributed by atoms with Gasteiger partial charge in [-0.05, 0) is 48.7 Å². The fraction of sp³-hybridized carbons (Fsp3) is 0.400. The number of halogens is 1. The Morgan fingerprint density at radius 3 is 2.28 bits per heavy atom. The maximum Gasteiger partial charge on any atom is 0.179 e.